The molecule has 3 amide bonds. The first kappa shape index (κ1) is 24.6. The van der Waals surface area contributed by atoms with Crippen LogP contribution in [0.4, 0.5) is 0 Å². The summed E-state index contributed by atoms with van der Waals surface area (Å²) in [6.07, 6.45) is 1.94. The number of aryl methyl sites for hydroxylation is 1. The van der Waals surface area contributed by atoms with Gasteiger partial charge in [0.2, 0.25) is 0 Å². The van der Waals surface area contributed by atoms with Crippen LogP contribution in [0.3, 0.4) is 0 Å². The Hall–Kier alpha value is -3.56. The van der Waals surface area contributed by atoms with E-state index in [-0.39, 0.29) is 31.4 Å². The van der Waals surface area contributed by atoms with Crippen LogP contribution in [0.15, 0.2) is 71.5 Å². The normalized spacial score (nSPS) is 15.2. The van der Waals surface area contributed by atoms with E-state index in [4.69, 9.17) is 5.73 Å². The van der Waals surface area contributed by atoms with Gasteiger partial charge in [-0.15, -0.1) is 0 Å². The van der Waals surface area contributed by atoms with Crippen LogP contribution in [-0.2, 0) is 17.9 Å². The maximum atomic E-state index is 13.4. The summed E-state index contributed by atoms with van der Waals surface area (Å²) >= 11 is 3.33. The van der Waals surface area contributed by atoms with Gasteiger partial charge in [-0.05, 0) is 52.2 Å². The summed E-state index contributed by atoms with van der Waals surface area (Å²) in [4.78, 5) is 47.1. The van der Waals surface area contributed by atoms with Crippen molar-refractivity contribution in [1.82, 2.24) is 20.1 Å². The van der Waals surface area contributed by atoms with Crippen LogP contribution in [0.5, 0.6) is 0 Å². The molecule has 0 aliphatic carbocycles. The number of pyridine rings is 1. The average molecular weight is 536 g/mol. The minimum absolute atomic E-state index is 0.226. The number of carbonyl (C=O) groups excluding carboxylic acids is 3. The predicted octanol–water partition coefficient (Wildman–Crippen LogP) is 2.85. The van der Waals surface area contributed by atoms with Gasteiger partial charge in [0.1, 0.15) is 0 Å². The largest absolute Gasteiger partial charge is 0.349 e. The van der Waals surface area contributed by atoms with Crippen molar-refractivity contribution < 1.29 is 14.4 Å². The molecule has 4 rings (SSSR count). The molecule has 1 unspecified atom stereocenters. The van der Waals surface area contributed by atoms with Crippen molar-refractivity contribution in [1.29, 1.82) is 0 Å². The fraction of sp³-hybridized carbons (Fsp3) is 0.231. The summed E-state index contributed by atoms with van der Waals surface area (Å²) in [6, 6.07) is 16.4. The van der Waals surface area contributed by atoms with Crippen molar-refractivity contribution >= 4 is 33.7 Å². The highest BCUT2D eigenvalue weighted by Gasteiger charge is 2.43. The monoisotopic (exact) mass is 535 g/mol. The number of halogens is 1. The van der Waals surface area contributed by atoms with Crippen LogP contribution in [-0.4, -0.2) is 51.8 Å². The van der Waals surface area contributed by atoms with Gasteiger partial charge in [0, 0.05) is 48.6 Å². The number of nitrogens with zero attached hydrogens (tertiary/aromatic N) is 3. The van der Waals surface area contributed by atoms with Gasteiger partial charge in [-0.2, -0.15) is 0 Å². The van der Waals surface area contributed by atoms with Gasteiger partial charge >= 0.3 is 0 Å². The van der Waals surface area contributed by atoms with Crippen molar-refractivity contribution in [3.8, 4) is 0 Å². The second-order valence-electron chi connectivity index (χ2n) is 8.37. The number of amides is 3. The first-order valence-electron chi connectivity index (χ1n) is 11.2. The Morgan fingerprint density at radius 1 is 0.971 bits per heavy atom. The summed E-state index contributed by atoms with van der Waals surface area (Å²) in [5.41, 5.74) is 9.37. The Morgan fingerprint density at radius 2 is 1.63 bits per heavy atom. The highest BCUT2D eigenvalue weighted by molar-refractivity contribution is 9.10. The predicted molar refractivity (Wildman–Crippen MR) is 135 cm³/mol. The molecule has 1 aromatic heterocycles. The van der Waals surface area contributed by atoms with Gasteiger partial charge < -0.3 is 20.9 Å². The number of hydrogen-bond acceptors (Lipinski definition) is 5. The molecule has 1 aliphatic rings. The van der Waals surface area contributed by atoms with Gasteiger partial charge in [0.25, 0.3) is 17.7 Å². The van der Waals surface area contributed by atoms with Crippen molar-refractivity contribution in [2.24, 2.45) is 5.73 Å². The Balaban J connectivity index is 1.60. The number of hydrogen-bond donors (Lipinski definition) is 2. The Kier molecular flexibility index (Phi) is 7.57. The maximum absolute atomic E-state index is 13.4. The van der Waals surface area contributed by atoms with E-state index in [1.165, 1.54) is 16.0 Å². The minimum Gasteiger partial charge on any atom is -0.349 e. The summed E-state index contributed by atoms with van der Waals surface area (Å²) in [6.45, 7) is 3.04. The molecular formula is C26H26BrN5O3. The summed E-state index contributed by atoms with van der Waals surface area (Å²) in [7, 11) is 0. The van der Waals surface area contributed by atoms with Crippen LogP contribution in [0.2, 0.25) is 0 Å². The van der Waals surface area contributed by atoms with E-state index < -0.39 is 12.1 Å². The van der Waals surface area contributed by atoms with Gasteiger partial charge in [-0.3, -0.25) is 19.4 Å². The van der Waals surface area contributed by atoms with E-state index in [1.54, 1.807) is 24.4 Å². The molecule has 1 fully saturated rings. The molecule has 9 heteroatoms. The van der Waals surface area contributed by atoms with E-state index in [0.717, 1.165) is 16.7 Å². The molecule has 0 saturated carbocycles. The molecule has 0 spiro atoms. The zero-order chi connectivity index (χ0) is 24.9. The third-order valence-corrected chi connectivity index (χ3v) is 6.31. The topological polar surface area (TPSA) is 109 Å². The first-order chi connectivity index (χ1) is 16.9. The Bertz CT molecular complexity index is 1250. The lowest BCUT2D eigenvalue weighted by Crippen LogP contribution is -2.53. The second-order valence-corrected chi connectivity index (χ2v) is 9.29. The lowest BCUT2D eigenvalue weighted by molar-refractivity contribution is -0.128. The Morgan fingerprint density at radius 3 is 2.29 bits per heavy atom. The smallest absolute Gasteiger partial charge is 0.264 e. The van der Waals surface area contributed by atoms with E-state index in [9.17, 15) is 14.4 Å². The van der Waals surface area contributed by atoms with Crippen molar-refractivity contribution in [3.05, 3.63) is 99.3 Å². The quantitative estimate of drug-likeness (QED) is 0.504. The lowest BCUT2D eigenvalue weighted by atomic mass is 10.1. The molecule has 2 aromatic carbocycles. The maximum Gasteiger partial charge on any atom is 0.264 e. The number of rotatable bonds is 6. The molecule has 2 heterocycles. The molecule has 1 atom stereocenters. The summed E-state index contributed by atoms with van der Waals surface area (Å²) in [5.74, 6) is -1.11. The fourth-order valence-corrected chi connectivity index (χ4v) is 4.41. The van der Waals surface area contributed by atoms with E-state index in [1.807, 2.05) is 43.3 Å². The molecule has 1 aliphatic heterocycles. The van der Waals surface area contributed by atoms with Gasteiger partial charge in [0.05, 0.1) is 5.56 Å². The van der Waals surface area contributed by atoms with Crippen molar-refractivity contribution in [2.75, 3.05) is 13.1 Å². The number of benzene rings is 2. The van der Waals surface area contributed by atoms with E-state index in [0.29, 0.717) is 22.1 Å². The fourth-order valence-electron chi connectivity index (χ4n) is 4.04. The molecule has 3 N–H and O–H groups in total. The number of nitrogens with one attached hydrogen (secondary N) is 1. The second kappa shape index (κ2) is 10.8. The third-order valence-electron chi connectivity index (χ3n) is 5.87. The molecule has 180 valence electrons. The van der Waals surface area contributed by atoms with E-state index >= 15 is 0 Å². The zero-order valence-corrected chi connectivity index (χ0v) is 20.9. The molecule has 1 saturated heterocycles. The van der Waals surface area contributed by atoms with Crippen LogP contribution in [0, 0.1) is 6.92 Å². The zero-order valence-electron chi connectivity index (χ0n) is 19.3. The highest BCUT2D eigenvalue weighted by atomic mass is 79.9. The van der Waals surface area contributed by atoms with Crippen LogP contribution in [0.1, 0.15) is 37.4 Å². The number of aromatic nitrogens is 1. The number of nitrogens with two attached hydrogens (primary N) is 1. The van der Waals surface area contributed by atoms with Gasteiger partial charge in [-0.1, -0.05) is 42.0 Å². The van der Waals surface area contributed by atoms with Crippen molar-refractivity contribution in [3.63, 3.8) is 0 Å². The summed E-state index contributed by atoms with van der Waals surface area (Å²) < 4.78 is 0.649. The van der Waals surface area contributed by atoms with Crippen LogP contribution >= 0.6 is 15.9 Å². The van der Waals surface area contributed by atoms with Crippen LogP contribution < -0.4 is 11.1 Å². The summed E-state index contributed by atoms with van der Waals surface area (Å²) in [5, 5.41) is 2.89. The van der Waals surface area contributed by atoms with E-state index in [2.05, 4.69) is 26.2 Å². The Labute approximate surface area is 212 Å². The molecular weight excluding hydrogens is 510 g/mol. The molecule has 3 aromatic rings. The molecule has 0 radical (unpaired) electrons. The van der Waals surface area contributed by atoms with Crippen molar-refractivity contribution in [2.45, 2.75) is 26.2 Å². The minimum atomic E-state index is -1.09. The molecule has 8 nitrogen and oxygen atoms in total. The highest BCUT2D eigenvalue weighted by Crippen LogP contribution is 2.22. The van der Waals surface area contributed by atoms with Gasteiger partial charge in [0.15, 0.2) is 6.17 Å². The standard InChI is InChI=1S/C26H26BrN5O3/c1-17-5-7-20(8-6-17)25(34)31-9-10-32(26(35)21-12-22(27)16-29-15-21)24(31)23(33)30-14-19-4-2-3-18(11-19)13-28/h2-8,11-12,15-16,24H,9-10,13-14,28H2,1H3,(H,30,33). The SMILES string of the molecule is Cc1ccc(C(=O)N2CCN(C(=O)c3cncc(Br)c3)C2C(=O)NCc2cccc(CN)c2)cc1. The first-order valence-corrected chi connectivity index (χ1v) is 12.0. The van der Waals surface area contributed by atoms with Gasteiger partial charge in [-0.25, -0.2) is 0 Å². The average Bonchev–Trinajstić information content (AvgIpc) is 3.32. The van der Waals surface area contributed by atoms with Crippen LogP contribution in [0.25, 0.3) is 0 Å². The molecule has 0 bridgehead atoms. The molecule has 35 heavy (non-hydrogen) atoms. The third kappa shape index (κ3) is 5.58. The number of carbonyl (C=O) groups is 3. The lowest BCUT2D eigenvalue weighted by Gasteiger charge is -2.29.